The van der Waals surface area contributed by atoms with Crippen LogP contribution in [0.2, 0.25) is 10.0 Å². The van der Waals surface area contributed by atoms with Gasteiger partial charge in [0.15, 0.2) is 0 Å². The first kappa shape index (κ1) is 16.7. The Morgan fingerprint density at radius 2 is 1.54 bits per heavy atom. The van der Waals surface area contributed by atoms with E-state index in [1.54, 1.807) is 19.1 Å². The zero-order valence-electron chi connectivity index (χ0n) is 12.9. The monoisotopic (exact) mass is 362 g/mol. The van der Waals surface area contributed by atoms with Gasteiger partial charge in [-0.3, -0.25) is 14.4 Å². The van der Waals surface area contributed by atoms with E-state index in [4.69, 9.17) is 27.9 Å². The zero-order chi connectivity index (χ0) is 17.6. The first-order chi connectivity index (χ1) is 11.3. The van der Waals surface area contributed by atoms with Crippen molar-refractivity contribution < 1.29 is 19.1 Å². The van der Waals surface area contributed by atoms with Crippen LogP contribution in [0.5, 0.6) is 0 Å². The second-order valence-electron chi connectivity index (χ2n) is 5.51. The number of esters is 1. The summed E-state index contributed by atoms with van der Waals surface area (Å²) in [7, 11) is 0. The summed E-state index contributed by atoms with van der Waals surface area (Å²) in [6, 6.07) is 9.33. The number of Topliss-reactive ketones (excluding diaryl/α,β-unsaturated/α-hetero) is 2. The van der Waals surface area contributed by atoms with Gasteiger partial charge in [-0.2, -0.15) is 0 Å². The van der Waals surface area contributed by atoms with Crippen molar-refractivity contribution in [3.8, 4) is 0 Å². The molecule has 2 aromatic carbocycles. The highest BCUT2D eigenvalue weighted by Crippen LogP contribution is 2.44. The second-order valence-corrected chi connectivity index (χ2v) is 6.30. The summed E-state index contributed by atoms with van der Waals surface area (Å²) in [6.45, 7) is 2.77. The highest BCUT2D eigenvalue weighted by atomic mass is 35.5. The average molecular weight is 363 g/mol. The van der Waals surface area contributed by atoms with Gasteiger partial charge < -0.3 is 4.74 Å². The van der Waals surface area contributed by atoms with Crippen LogP contribution >= 0.6 is 23.2 Å². The molecular formula is C18H12Cl2O4. The molecule has 0 saturated heterocycles. The van der Waals surface area contributed by atoms with Crippen molar-refractivity contribution in [1.29, 1.82) is 0 Å². The molecule has 1 aliphatic carbocycles. The first-order valence-electron chi connectivity index (χ1n) is 7.14. The van der Waals surface area contributed by atoms with Crippen LogP contribution in [-0.4, -0.2) is 17.5 Å². The Labute approximate surface area is 148 Å². The summed E-state index contributed by atoms with van der Waals surface area (Å²) < 4.78 is 5.33. The minimum Gasteiger partial charge on any atom is -0.437 e. The van der Waals surface area contributed by atoms with Gasteiger partial charge in [0.25, 0.3) is 5.60 Å². The predicted octanol–water partition coefficient (Wildman–Crippen LogP) is 4.14. The highest BCUT2D eigenvalue weighted by molar-refractivity contribution is 6.43. The topological polar surface area (TPSA) is 60.4 Å². The Morgan fingerprint density at radius 3 is 2.04 bits per heavy atom. The van der Waals surface area contributed by atoms with Gasteiger partial charge in [0.05, 0.1) is 10.0 Å². The number of hydrogen-bond acceptors (Lipinski definition) is 4. The molecule has 3 rings (SSSR count). The van der Waals surface area contributed by atoms with Crippen molar-refractivity contribution in [3.63, 3.8) is 0 Å². The van der Waals surface area contributed by atoms with E-state index in [2.05, 4.69) is 0 Å². The molecule has 0 aromatic heterocycles. The number of halogens is 2. The SMILES string of the molecule is CC(=O)OC1(c2ccc(Cl)c(Cl)c2C)C(=O)c2ccccc2C1=O. The number of ether oxygens (including phenoxy) is 1. The molecule has 0 amide bonds. The summed E-state index contributed by atoms with van der Waals surface area (Å²) in [5.41, 5.74) is -0.991. The summed E-state index contributed by atoms with van der Waals surface area (Å²) >= 11 is 12.2. The lowest BCUT2D eigenvalue weighted by atomic mass is 9.85. The van der Waals surface area contributed by atoms with Gasteiger partial charge in [-0.25, -0.2) is 0 Å². The van der Waals surface area contributed by atoms with Crippen molar-refractivity contribution in [3.05, 3.63) is 68.7 Å². The minimum atomic E-state index is -2.06. The molecule has 24 heavy (non-hydrogen) atoms. The highest BCUT2D eigenvalue weighted by Gasteiger charge is 2.58. The number of hydrogen-bond donors (Lipinski definition) is 0. The third-order valence-electron chi connectivity index (χ3n) is 4.07. The zero-order valence-corrected chi connectivity index (χ0v) is 14.4. The third kappa shape index (κ3) is 2.18. The van der Waals surface area contributed by atoms with Gasteiger partial charge in [0, 0.05) is 23.6 Å². The summed E-state index contributed by atoms with van der Waals surface area (Å²) in [5.74, 6) is -1.91. The first-order valence-corrected chi connectivity index (χ1v) is 7.89. The Kier molecular flexibility index (Phi) is 3.98. The maximum atomic E-state index is 13.0. The average Bonchev–Trinajstić information content (AvgIpc) is 2.75. The van der Waals surface area contributed by atoms with Crippen molar-refractivity contribution in [2.75, 3.05) is 0 Å². The van der Waals surface area contributed by atoms with Gasteiger partial charge in [0.2, 0.25) is 11.6 Å². The molecule has 0 heterocycles. The normalized spacial score (nSPS) is 15.3. The maximum absolute atomic E-state index is 13.0. The molecule has 122 valence electrons. The number of rotatable bonds is 2. The van der Waals surface area contributed by atoms with Crippen molar-refractivity contribution in [2.45, 2.75) is 19.4 Å². The van der Waals surface area contributed by atoms with E-state index in [1.807, 2.05) is 0 Å². The summed E-state index contributed by atoms with van der Waals surface area (Å²) in [5, 5.41) is 0.489. The van der Waals surface area contributed by atoms with Crippen LogP contribution in [0, 0.1) is 6.92 Å². The summed E-state index contributed by atoms with van der Waals surface area (Å²) in [6.07, 6.45) is 0. The molecule has 0 radical (unpaired) electrons. The van der Waals surface area contributed by atoms with Gasteiger partial charge in [0.1, 0.15) is 0 Å². The molecule has 0 spiro atoms. The van der Waals surface area contributed by atoms with Crippen LogP contribution in [0.3, 0.4) is 0 Å². The van der Waals surface area contributed by atoms with Crippen LogP contribution in [0.1, 0.15) is 38.8 Å². The fourth-order valence-corrected chi connectivity index (χ4v) is 3.37. The van der Waals surface area contributed by atoms with Crippen LogP contribution in [0.4, 0.5) is 0 Å². The lowest BCUT2D eigenvalue weighted by Gasteiger charge is -2.28. The number of fused-ring (bicyclic) bond motifs is 1. The third-order valence-corrected chi connectivity index (χ3v) is 4.97. The van der Waals surface area contributed by atoms with Gasteiger partial charge >= 0.3 is 5.97 Å². The minimum absolute atomic E-state index is 0.206. The molecule has 0 unspecified atom stereocenters. The molecule has 0 aliphatic heterocycles. The predicted molar refractivity (Wildman–Crippen MR) is 89.7 cm³/mol. The van der Waals surface area contributed by atoms with E-state index in [0.717, 1.165) is 6.92 Å². The van der Waals surface area contributed by atoms with E-state index in [1.165, 1.54) is 24.3 Å². The lowest BCUT2D eigenvalue weighted by molar-refractivity contribution is -0.149. The molecule has 0 bridgehead atoms. The van der Waals surface area contributed by atoms with Crippen LogP contribution in [0.15, 0.2) is 36.4 Å². The molecule has 0 saturated carbocycles. The maximum Gasteiger partial charge on any atom is 0.304 e. The van der Waals surface area contributed by atoms with E-state index in [-0.39, 0.29) is 26.7 Å². The van der Waals surface area contributed by atoms with Crippen molar-refractivity contribution in [1.82, 2.24) is 0 Å². The second kappa shape index (κ2) is 5.72. The van der Waals surface area contributed by atoms with Gasteiger partial charge in [-0.1, -0.05) is 53.5 Å². The van der Waals surface area contributed by atoms with E-state index in [0.29, 0.717) is 5.56 Å². The van der Waals surface area contributed by atoms with Gasteiger partial charge in [-0.05, 0) is 18.6 Å². The Balaban J connectivity index is 2.34. The fourth-order valence-electron chi connectivity index (χ4n) is 3.00. The number of carbonyl (C=O) groups is 3. The largest absolute Gasteiger partial charge is 0.437 e. The standard InChI is InChI=1S/C18H12Cl2O4/c1-9-13(7-8-14(19)15(9)20)18(24-10(2)21)16(22)11-5-3-4-6-12(11)17(18)23/h3-8H,1-2H3. The number of benzene rings is 2. The van der Waals surface area contributed by atoms with E-state index >= 15 is 0 Å². The lowest BCUT2D eigenvalue weighted by Crippen LogP contribution is -2.43. The molecule has 0 atom stereocenters. The molecular weight excluding hydrogens is 351 g/mol. The molecule has 1 aliphatic rings. The van der Waals surface area contributed by atoms with Crippen LogP contribution in [0.25, 0.3) is 0 Å². The summed E-state index contributed by atoms with van der Waals surface area (Å²) in [4.78, 5) is 37.8. The van der Waals surface area contributed by atoms with Crippen molar-refractivity contribution >= 4 is 40.7 Å². The fraction of sp³-hybridized carbons (Fsp3) is 0.167. The number of ketones is 2. The molecule has 0 fully saturated rings. The molecule has 6 heteroatoms. The van der Waals surface area contributed by atoms with Gasteiger partial charge in [-0.15, -0.1) is 0 Å². The Morgan fingerprint density at radius 1 is 1.00 bits per heavy atom. The molecule has 0 N–H and O–H groups in total. The quantitative estimate of drug-likeness (QED) is 0.594. The molecule has 4 nitrogen and oxygen atoms in total. The van der Waals surface area contributed by atoms with E-state index < -0.39 is 23.1 Å². The van der Waals surface area contributed by atoms with Crippen LogP contribution in [-0.2, 0) is 15.1 Å². The van der Waals surface area contributed by atoms with E-state index in [9.17, 15) is 14.4 Å². The number of carbonyl (C=O) groups excluding carboxylic acids is 3. The smallest absolute Gasteiger partial charge is 0.304 e. The van der Waals surface area contributed by atoms with Crippen LogP contribution < -0.4 is 0 Å². The Hall–Kier alpha value is -2.17. The molecule has 2 aromatic rings. The Bertz CT molecular complexity index is 867. The van der Waals surface area contributed by atoms with Crippen molar-refractivity contribution in [2.24, 2.45) is 0 Å².